The van der Waals surface area contributed by atoms with Crippen LogP contribution < -0.4 is 10.6 Å². The predicted molar refractivity (Wildman–Crippen MR) is 107 cm³/mol. The minimum atomic E-state index is -0.333. The van der Waals surface area contributed by atoms with Crippen molar-refractivity contribution >= 4 is 16.8 Å². The quantitative estimate of drug-likeness (QED) is 0.697. The van der Waals surface area contributed by atoms with Gasteiger partial charge in [-0.3, -0.25) is 4.79 Å². The molecule has 2 atom stereocenters. The molecule has 1 aliphatic carbocycles. The molecule has 1 aromatic carbocycles. The monoisotopic (exact) mass is 370 g/mol. The number of amides is 1. The van der Waals surface area contributed by atoms with Crippen molar-refractivity contribution in [3.63, 3.8) is 0 Å². The first-order chi connectivity index (χ1) is 13.1. The zero-order valence-electron chi connectivity index (χ0n) is 16.2. The number of nitrogens with one attached hydrogen (secondary N) is 2. The first-order valence-corrected chi connectivity index (χ1v) is 9.96. The maximum absolute atomic E-state index is 12.8. The van der Waals surface area contributed by atoms with Gasteiger partial charge in [0.25, 0.3) is 5.91 Å². The van der Waals surface area contributed by atoms with Gasteiger partial charge in [0, 0.05) is 29.2 Å². The Balaban J connectivity index is 1.71. The highest BCUT2D eigenvalue weighted by molar-refractivity contribution is 5.97. The van der Waals surface area contributed by atoms with Crippen LogP contribution in [0.1, 0.15) is 56.3 Å². The second-order valence-corrected chi connectivity index (χ2v) is 7.83. The van der Waals surface area contributed by atoms with Crippen LogP contribution in [0.15, 0.2) is 30.7 Å². The van der Waals surface area contributed by atoms with Gasteiger partial charge in [-0.25, -0.2) is 9.97 Å². The number of carbonyl (C=O) groups excluding carboxylic acids is 1. The highest BCUT2D eigenvalue weighted by Gasteiger charge is 2.28. The summed E-state index contributed by atoms with van der Waals surface area (Å²) in [5.41, 5.74) is 1.28. The van der Waals surface area contributed by atoms with Gasteiger partial charge in [-0.1, -0.05) is 39.2 Å². The van der Waals surface area contributed by atoms with Crippen LogP contribution in [0, 0.1) is 5.92 Å². The highest BCUT2D eigenvalue weighted by Crippen LogP contribution is 2.20. The van der Waals surface area contributed by atoms with Gasteiger partial charge in [-0.15, -0.1) is 0 Å². The minimum Gasteiger partial charge on any atom is -0.394 e. The molecule has 0 radical (unpaired) electrons. The molecule has 1 aromatic heterocycles. The number of aliphatic hydroxyl groups is 1. The van der Waals surface area contributed by atoms with Crippen LogP contribution in [0.2, 0.25) is 0 Å². The van der Waals surface area contributed by atoms with Crippen LogP contribution in [0.5, 0.6) is 0 Å². The number of carbonyl (C=O) groups is 1. The molecule has 3 rings (SSSR count). The molecule has 1 aliphatic rings. The van der Waals surface area contributed by atoms with Gasteiger partial charge in [0.1, 0.15) is 6.33 Å². The highest BCUT2D eigenvalue weighted by atomic mass is 16.3. The lowest BCUT2D eigenvalue weighted by atomic mass is 9.90. The van der Waals surface area contributed by atoms with E-state index < -0.39 is 0 Å². The Morgan fingerprint density at radius 1 is 1.26 bits per heavy atom. The van der Waals surface area contributed by atoms with E-state index in [1.807, 2.05) is 6.07 Å². The summed E-state index contributed by atoms with van der Waals surface area (Å²) in [6, 6.07) is 5.55. The Hall–Kier alpha value is -2.05. The van der Waals surface area contributed by atoms with E-state index in [-0.39, 0.29) is 24.6 Å². The summed E-state index contributed by atoms with van der Waals surface area (Å²) in [5.74, 6) is 0.111. The molecule has 27 heavy (non-hydrogen) atoms. The maximum atomic E-state index is 12.8. The maximum Gasteiger partial charge on any atom is 0.251 e. The molecule has 6 nitrogen and oxygen atoms in total. The fraction of sp³-hybridized carbons (Fsp3) is 0.571. The number of aromatic nitrogens is 2. The molecule has 1 saturated carbocycles. The van der Waals surface area contributed by atoms with Gasteiger partial charge in [0.2, 0.25) is 0 Å². The van der Waals surface area contributed by atoms with Crippen molar-refractivity contribution in [2.45, 2.75) is 64.1 Å². The summed E-state index contributed by atoms with van der Waals surface area (Å²) < 4.78 is 0. The fourth-order valence-electron chi connectivity index (χ4n) is 3.93. The van der Waals surface area contributed by atoms with Crippen molar-refractivity contribution in [1.82, 2.24) is 20.6 Å². The molecular weight excluding hydrogens is 340 g/mol. The Morgan fingerprint density at radius 2 is 2.04 bits per heavy atom. The number of hydrogen-bond acceptors (Lipinski definition) is 5. The van der Waals surface area contributed by atoms with Gasteiger partial charge in [0.05, 0.1) is 18.2 Å². The lowest BCUT2D eigenvalue weighted by Gasteiger charge is -2.35. The van der Waals surface area contributed by atoms with Crippen LogP contribution in [0.4, 0.5) is 0 Å². The van der Waals surface area contributed by atoms with Crippen molar-refractivity contribution in [3.8, 4) is 0 Å². The lowest BCUT2D eigenvalue weighted by molar-refractivity contribution is 0.0878. The van der Waals surface area contributed by atoms with E-state index in [0.717, 1.165) is 10.9 Å². The summed E-state index contributed by atoms with van der Waals surface area (Å²) in [6.07, 6.45) is 9.33. The van der Waals surface area contributed by atoms with Crippen LogP contribution in [-0.4, -0.2) is 45.7 Å². The van der Waals surface area contributed by atoms with Crippen molar-refractivity contribution in [2.75, 3.05) is 6.61 Å². The average molecular weight is 370 g/mol. The number of fused-ring (bicyclic) bond motifs is 1. The third-order valence-corrected chi connectivity index (χ3v) is 5.47. The molecule has 2 aromatic rings. The summed E-state index contributed by atoms with van der Waals surface area (Å²) in [5, 5.41) is 17.6. The molecule has 0 spiro atoms. The van der Waals surface area contributed by atoms with Gasteiger partial charge >= 0.3 is 0 Å². The molecular formula is C21H30N4O2. The summed E-state index contributed by atoms with van der Waals surface area (Å²) >= 11 is 0. The number of nitrogens with zero attached hydrogens (tertiary/aromatic N) is 2. The van der Waals surface area contributed by atoms with Crippen molar-refractivity contribution < 1.29 is 9.90 Å². The summed E-state index contributed by atoms with van der Waals surface area (Å²) in [6.45, 7) is 4.16. The van der Waals surface area contributed by atoms with E-state index >= 15 is 0 Å². The minimum absolute atomic E-state index is 0.0323. The Labute approximate surface area is 160 Å². The van der Waals surface area contributed by atoms with Crippen LogP contribution >= 0.6 is 0 Å². The van der Waals surface area contributed by atoms with Gasteiger partial charge in [0.15, 0.2) is 0 Å². The van der Waals surface area contributed by atoms with Crippen LogP contribution in [0.25, 0.3) is 10.9 Å². The molecule has 1 unspecified atom stereocenters. The van der Waals surface area contributed by atoms with Crippen molar-refractivity contribution in [2.24, 2.45) is 5.92 Å². The fourth-order valence-corrected chi connectivity index (χ4v) is 3.93. The largest absolute Gasteiger partial charge is 0.394 e. The number of rotatable bonds is 7. The molecule has 1 amide bonds. The second kappa shape index (κ2) is 9.24. The summed E-state index contributed by atoms with van der Waals surface area (Å²) in [4.78, 5) is 21.0. The first kappa shape index (κ1) is 19.7. The Kier molecular flexibility index (Phi) is 6.74. The molecule has 146 valence electrons. The zero-order chi connectivity index (χ0) is 19.2. The van der Waals surface area contributed by atoms with E-state index in [1.165, 1.54) is 38.4 Å². The van der Waals surface area contributed by atoms with Gasteiger partial charge in [-0.05, 0) is 30.9 Å². The van der Waals surface area contributed by atoms with E-state index in [9.17, 15) is 9.90 Å². The van der Waals surface area contributed by atoms with E-state index in [2.05, 4.69) is 34.4 Å². The van der Waals surface area contributed by atoms with Crippen molar-refractivity contribution in [1.29, 1.82) is 0 Å². The number of aliphatic hydroxyl groups excluding tert-OH is 1. The van der Waals surface area contributed by atoms with E-state index in [0.29, 0.717) is 17.5 Å². The molecule has 1 heterocycles. The van der Waals surface area contributed by atoms with E-state index in [4.69, 9.17) is 0 Å². The van der Waals surface area contributed by atoms with Gasteiger partial charge in [-0.2, -0.15) is 0 Å². The van der Waals surface area contributed by atoms with Crippen LogP contribution in [0.3, 0.4) is 0 Å². The molecule has 0 saturated heterocycles. The normalized spacial score (nSPS) is 17.8. The molecule has 1 fully saturated rings. The SMILES string of the molecule is CC(C)C(NC1CCCCC1)[C@@H](CO)NC(=O)c1ccc2cncnc2c1. The Morgan fingerprint density at radius 3 is 2.74 bits per heavy atom. The molecule has 0 aliphatic heterocycles. The van der Waals surface area contributed by atoms with Gasteiger partial charge < -0.3 is 15.7 Å². The molecule has 0 bridgehead atoms. The zero-order valence-corrected chi connectivity index (χ0v) is 16.2. The first-order valence-electron chi connectivity index (χ1n) is 9.96. The second-order valence-electron chi connectivity index (χ2n) is 7.83. The Bertz CT molecular complexity index is 759. The standard InChI is InChI=1S/C21H30N4O2/c1-14(2)20(24-17-6-4-3-5-7-17)19(12-26)25-21(27)15-8-9-16-11-22-13-23-18(16)10-15/h8-11,13-14,17,19-20,24,26H,3-7,12H2,1-2H3,(H,25,27)/t19-,20?/m1/s1. The smallest absolute Gasteiger partial charge is 0.251 e. The molecule has 6 heteroatoms. The number of benzene rings is 1. The van der Waals surface area contributed by atoms with Crippen molar-refractivity contribution in [3.05, 3.63) is 36.3 Å². The number of hydrogen-bond donors (Lipinski definition) is 3. The summed E-state index contributed by atoms with van der Waals surface area (Å²) in [7, 11) is 0. The lowest BCUT2D eigenvalue weighted by Crippen LogP contribution is -2.57. The van der Waals surface area contributed by atoms with Crippen LogP contribution in [-0.2, 0) is 0 Å². The third-order valence-electron chi connectivity index (χ3n) is 5.47. The topological polar surface area (TPSA) is 87.1 Å². The predicted octanol–water partition coefficient (Wildman–Crippen LogP) is 2.67. The third kappa shape index (κ3) is 5.02. The average Bonchev–Trinajstić information content (AvgIpc) is 2.70. The van der Waals surface area contributed by atoms with E-state index in [1.54, 1.807) is 18.3 Å². The molecule has 3 N–H and O–H groups in total.